The lowest BCUT2D eigenvalue weighted by molar-refractivity contribution is -0.384. The lowest BCUT2D eigenvalue weighted by Crippen LogP contribution is -2.48. The van der Waals surface area contributed by atoms with Gasteiger partial charge in [-0.05, 0) is 30.2 Å². The van der Waals surface area contributed by atoms with Crippen LogP contribution in [0, 0.1) is 22.0 Å². The quantitative estimate of drug-likeness (QED) is 0.632. The molecular formula is C15H23N3O4S. The van der Waals surface area contributed by atoms with Gasteiger partial charge in [0, 0.05) is 31.8 Å². The number of non-ortho nitro benzene ring substituents is 1. The highest BCUT2D eigenvalue weighted by Gasteiger charge is 2.29. The molecule has 2 rings (SSSR count). The zero-order chi connectivity index (χ0) is 17.0. The van der Waals surface area contributed by atoms with E-state index in [-0.39, 0.29) is 12.2 Å². The number of nitrogens with one attached hydrogen (secondary N) is 1. The summed E-state index contributed by atoms with van der Waals surface area (Å²) in [5.74, 6) is 0.731. The summed E-state index contributed by atoms with van der Waals surface area (Å²) >= 11 is 0. The summed E-state index contributed by atoms with van der Waals surface area (Å²) in [6.45, 7) is 5.51. The molecule has 0 amide bonds. The predicted molar refractivity (Wildman–Crippen MR) is 88.2 cm³/mol. The lowest BCUT2D eigenvalue weighted by Gasteiger charge is -2.33. The van der Waals surface area contributed by atoms with Gasteiger partial charge in [-0.3, -0.25) is 10.1 Å². The minimum absolute atomic E-state index is 0.0330. The Morgan fingerprint density at radius 2 is 1.78 bits per heavy atom. The molecule has 1 aliphatic heterocycles. The van der Waals surface area contributed by atoms with E-state index in [1.54, 1.807) is 12.1 Å². The van der Waals surface area contributed by atoms with Crippen LogP contribution in [0.25, 0.3) is 0 Å². The zero-order valence-electron chi connectivity index (χ0n) is 13.4. The van der Waals surface area contributed by atoms with Gasteiger partial charge in [0.1, 0.15) is 0 Å². The molecule has 0 aliphatic carbocycles. The molecule has 0 spiro atoms. The summed E-state index contributed by atoms with van der Waals surface area (Å²) in [6, 6.07) is 6.16. The van der Waals surface area contributed by atoms with Crippen molar-refractivity contribution in [2.45, 2.75) is 26.7 Å². The second-order valence-electron chi connectivity index (χ2n) is 6.34. The number of nitro benzene ring substituents is 1. The fraction of sp³-hybridized carbons (Fsp3) is 0.600. The number of hydrogen-bond acceptors (Lipinski definition) is 4. The third-order valence-corrected chi connectivity index (χ3v) is 5.57. The minimum atomic E-state index is -3.47. The van der Waals surface area contributed by atoms with Crippen molar-refractivity contribution in [1.29, 1.82) is 0 Å². The molecule has 1 fully saturated rings. The van der Waals surface area contributed by atoms with E-state index >= 15 is 0 Å². The number of piperidine rings is 1. The third kappa shape index (κ3) is 4.98. The highest BCUT2D eigenvalue weighted by atomic mass is 32.2. The standard InChI is InChI=1S/C15H23N3O4S/c1-12-9-13(2)11-17(10-12)23(21,22)16-8-7-14-3-5-15(6-4-14)18(19)20/h3-6,12-13,16H,7-11H2,1-2H3. The fourth-order valence-electron chi connectivity index (χ4n) is 3.00. The van der Waals surface area contributed by atoms with Crippen LogP contribution in [-0.2, 0) is 16.6 Å². The van der Waals surface area contributed by atoms with Crippen LogP contribution < -0.4 is 4.72 Å². The van der Waals surface area contributed by atoms with Crippen LogP contribution in [0.3, 0.4) is 0 Å². The molecule has 1 heterocycles. The molecule has 1 aromatic rings. The SMILES string of the molecule is CC1CC(C)CN(S(=O)(=O)NCCc2ccc([N+](=O)[O-])cc2)C1. The van der Waals surface area contributed by atoms with E-state index in [0.29, 0.717) is 31.3 Å². The van der Waals surface area contributed by atoms with Crippen LogP contribution in [0.2, 0.25) is 0 Å². The maximum atomic E-state index is 12.3. The first-order chi connectivity index (χ1) is 10.8. The van der Waals surface area contributed by atoms with E-state index in [1.165, 1.54) is 16.4 Å². The Balaban J connectivity index is 1.88. The minimum Gasteiger partial charge on any atom is -0.258 e. The van der Waals surface area contributed by atoms with Crippen LogP contribution in [0.15, 0.2) is 24.3 Å². The Kier molecular flexibility index (Phi) is 5.72. The topological polar surface area (TPSA) is 92.6 Å². The van der Waals surface area contributed by atoms with Crippen LogP contribution in [0.4, 0.5) is 5.69 Å². The number of benzene rings is 1. The Hall–Kier alpha value is -1.51. The molecule has 7 nitrogen and oxygen atoms in total. The van der Waals surface area contributed by atoms with Crippen molar-refractivity contribution in [3.05, 3.63) is 39.9 Å². The molecule has 128 valence electrons. The van der Waals surface area contributed by atoms with Gasteiger partial charge in [0.25, 0.3) is 15.9 Å². The largest absolute Gasteiger partial charge is 0.279 e. The van der Waals surface area contributed by atoms with Crippen molar-refractivity contribution >= 4 is 15.9 Å². The van der Waals surface area contributed by atoms with Crippen molar-refractivity contribution in [2.75, 3.05) is 19.6 Å². The summed E-state index contributed by atoms with van der Waals surface area (Å²) in [7, 11) is -3.47. The van der Waals surface area contributed by atoms with Gasteiger partial charge in [0.15, 0.2) is 0 Å². The second-order valence-corrected chi connectivity index (χ2v) is 8.09. The summed E-state index contributed by atoms with van der Waals surface area (Å²) in [6.07, 6.45) is 1.55. The molecule has 1 aromatic carbocycles. The first-order valence-electron chi connectivity index (χ1n) is 7.76. The maximum absolute atomic E-state index is 12.3. The van der Waals surface area contributed by atoms with Gasteiger partial charge in [-0.25, -0.2) is 4.72 Å². The van der Waals surface area contributed by atoms with Crippen LogP contribution >= 0.6 is 0 Å². The molecule has 8 heteroatoms. The van der Waals surface area contributed by atoms with E-state index in [1.807, 2.05) is 0 Å². The zero-order valence-corrected chi connectivity index (χ0v) is 14.3. The third-order valence-electron chi connectivity index (χ3n) is 4.02. The van der Waals surface area contributed by atoms with Crippen molar-refractivity contribution in [2.24, 2.45) is 11.8 Å². The molecule has 1 aliphatic rings. The summed E-state index contributed by atoms with van der Waals surface area (Å²) < 4.78 is 28.8. The average molecular weight is 341 g/mol. The smallest absolute Gasteiger partial charge is 0.258 e. The first kappa shape index (κ1) is 17.8. The Morgan fingerprint density at radius 1 is 1.22 bits per heavy atom. The van der Waals surface area contributed by atoms with Crippen molar-refractivity contribution in [1.82, 2.24) is 9.03 Å². The molecule has 2 unspecified atom stereocenters. The maximum Gasteiger partial charge on any atom is 0.279 e. The molecule has 0 saturated carbocycles. The summed E-state index contributed by atoms with van der Waals surface area (Å²) in [5, 5.41) is 10.6. The van der Waals surface area contributed by atoms with E-state index in [9.17, 15) is 18.5 Å². The summed E-state index contributed by atoms with van der Waals surface area (Å²) in [5.41, 5.74) is 0.893. The Bertz CT molecular complexity index is 635. The van der Waals surface area contributed by atoms with E-state index in [0.717, 1.165) is 12.0 Å². The van der Waals surface area contributed by atoms with Crippen molar-refractivity contribution in [3.63, 3.8) is 0 Å². The fourth-order valence-corrected chi connectivity index (χ4v) is 4.45. The number of nitro groups is 1. The summed E-state index contributed by atoms with van der Waals surface area (Å²) in [4.78, 5) is 10.1. The highest BCUT2D eigenvalue weighted by molar-refractivity contribution is 7.87. The van der Waals surface area contributed by atoms with Crippen molar-refractivity contribution < 1.29 is 13.3 Å². The van der Waals surface area contributed by atoms with Gasteiger partial charge in [0.2, 0.25) is 0 Å². The van der Waals surface area contributed by atoms with Gasteiger partial charge in [0.05, 0.1) is 4.92 Å². The van der Waals surface area contributed by atoms with Gasteiger partial charge in [-0.15, -0.1) is 0 Å². The van der Waals surface area contributed by atoms with E-state index in [2.05, 4.69) is 18.6 Å². The second kappa shape index (κ2) is 7.37. The molecule has 0 radical (unpaired) electrons. The normalized spacial score (nSPS) is 22.9. The predicted octanol–water partition coefficient (Wildman–Crippen LogP) is 1.95. The molecule has 0 bridgehead atoms. The van der Waals surface area contributed by atoms with E-state index < -0.39 is 15.1 Å². The lowest BCUT2D eigenvalue weighted by atomic mass is 9.94. The number of hydrogen-bond donors (Lipinski definition) is 1. The van der Waals surface area contributed by atoms with Crippen molar-refractivity contribution in [3.8, 4) is 0 Å². The average Bonchev–Trinajstić information content (AvgIpc) is 2.46. The highest BCUT2D eigenvalue weighted by Crippen LogP contribution is 2.22. The molecule has 1 N–H and O–H groups in total. The van der Waals surface area contributed by atoms with Gasteiger partial charge in [-0.2, -0.15) is 12.7 Å². The monoisotopic (exact) mass is 341 g/mol. The van der Waals surface area contributed by atoms with Crippen LogP contribution in [-0.4, -0.2) is 37.3 Å². The van der Waals surface area contributed by atoms with Crippen LogP contribution in [0.5, 0.6) is 0 Å². The number of rotatable bonds is 6. The Labute approximate surface area is 137 Å². The first-order valence-corrected chi connectivity index (χ1v) is 9.20. The molecular weight excluding hydrogens is 318 g/mol. The molecule has 1 saturated heterocycles. The van der Waals surface area contributed by atoms with Crippen LogP contribution in [0.1, 0.15) is 25.8 Å². The number of nitrogens with zero attached hydrogens (tertiary/aromatic N) is 2. The van der Waals surface area contributed by atoms with Gasteiger partial charge >= 0.3 is 0 Å². The molecule has 2 atom stereocenters. The van der Waals surface area contributed by atoms with Gasteiger partial charge in [-0.1, -0.05) is 26.0 Å². The van der Waals surface area contributed by atoms with E-state index in [4.69, 9.17) is 0 Å². The van der Waals surface area contributed by atoms with Gasteiger partial charge < -0.3 is 0 Å². The molecule has 23 heavy (non-hydrogen) atoms. The Morgan fingerprint density at radius 3 is 2.30 bits per heavy atom. The molecule has 0 aromatic heterocycles.